The second-order valence-corrected chi connectivity index (χ2v) is 3.21. The van der Waals surface area contributed by atoms with Gasteiger partial charge in [-0.05, 0) is 18.1 Å². The summed E-state index contributed by atoms with van der Waals surface area (Å²) in [6, 6.07) is 4.08. The van der Waals surface area contributed by atoms with E-state index < -0.39 is 0 Å². The van der Waals surface area contributed by atoms with Crippen molar-refractivity contribution in [3.63, 3.8) is 0 Å². The van der Waals surface area contributed by atoms with Crippen LogP contribution in [-0.2, 0) is 0 Å². The van der Waals surface area contributed by atoms with E-state index in [4.69, 9.17) is 0 Å². The summed E-state index contributed by atoms with van der Waals surface area (Å²) in [7, 11) is 0. The van der Waals surface area contributed by atoms with Crippen LogP contribution in [0.15, 0.2) is 18.3 Å². The average molecular weight is 163 g/mol. The van der Waals surface area contributed by atoms with Gasteiger partial charge < -0.3 is 4.98 Å². The first-order chi connectivity index (χ1) is 5.77. The minimum Gasteiger partial charge on any atom is -0.345 e. The molecular weight excluding hydrogens is 150 g/mol. The van der Waals surface area contributed by atoms with Gasteiger partial charge in [0.2, 0.25) is 0 Å². The Morgan fingerprint density at radius 3 is 3.00 bits per heavy atom. The molecule has 0 bridgehead atoms. The van der Waals surface area contributed by atoms with E-state index >= 15 is 0 Å². The average Bonchev–Trinajstić information content (AvgIpc) is 2.49. The van der Waals surface area contributed by atoms with Gasteiger partial charge in [-0.2, -0.15) is 5.10 Å². The second-order valence-electron chi connectivity index (χ2n) is 3.21. The predicted molar refractivity (Wildman–Crippen MR) is 50.1 cm³/mol. The Morgan fingerprint density at radius 2 is 2.25 bits per heavy atom. The summed E-state index contributed by atoms with van der Waals surface area (Å²) in [6.07, 6.45) is 1.88. The number of nitrogens with zero attached hydrogens (tertiary/aromatic N) is 2. The number of aromatic amines is 1. The van der Waals surface area contributed by atoms with Crippen molar-refractivity contribution in [1.29, 1.82) is 0 Å². The Kier molecular flexibility index (Phi) is 1.57. The highest BCUT2D eigenvalue weighted by molar-refractivity contribution is 5.74. The summed E-state index contributed by atoms with van der Waals surface area (Å²) in [5, 5.41) is 9.29. The third-order valence-corrected chi connectivity index (χ3v) is 1.92. The van der Waals surface area contributed by atoms with Crippen LogP contribution in [0.25, 0.3) is 11.0 Å². The molecule has 2 aromatic rings. The van der Waals surface area contributed by atoms with Crippen molar-refractivity contribution in [2.75, 3.05) is 0 Å². The smallest absolute Gasteiger partial charge is 0.159 e. The molecule has 0 aliphatic rings. The van der Waals surface area contributed by atoms with Crippen molar-refractivity contribution in [3.8, 4) is 0 Å². The standard InChI is InChI=1S/C9H11N3.H2/c1-6(2)8-5-7-3-4-10-9(7)12-11-8;/h3-6H,1-2H3,(H,10,12);1H. The van der Waals surface area contributed by atoms with Crippen LogP contribution in [0.3, 0.4) is 0 Å². The molecule has 0 atom stereocenters. The lowest BCUT2D eigenvalue weighted by molar-refractivity contribution is 0.793. The number of rotatable bonds is 1. The molecule has 3 heteroatoms. The minimum absolute atomic E-state index is 0. The van der Waals surface area contributed by atoms with Crippen molar-refractivity contribution in [3.05, 3.63) is 24.0 Å². The third kappa shape index (κ3) is 1.07. The van der Waals surface area contributed by atoms with Crippen LogP contribution in [0.1, 0.15) is 26.9 Å². The fourth-order valence-electron chi connectivity index (χ4n) is 1.15. The maximum atomic E-state index is 4.10. The van der Waals surface area contributed by atoms with E-state index in [9.17, 15) is 0 Å². The van der Waals surface area contributed by atoms with Gasteiger partial charge in [0.15, 0.2) is 5.65 Å². The maximum absolute atomic E-state index is 4.10. The molecule has 1 N–H and O–H groups in total. The van der Waals surface area contributed by atoms with Crippen LogP contribution >= 0.6 is 0 Å². The van der Waals surface area contributed by atoms with Gasteiger partial charge in [-0.15, -0.1) is 5.10 Å². The van der Waals surface area contributed by atoms with Crippen LogP contribution < -0.4 is 0 Å². The molecule has 2 aromatic heterocycles. The van der Waals surface area contributed by atoms with E-state index in [0.717, 1.165) is 16.7 Å². The first kappa shape index (κ1) is 7.28. The Balaban J connectivity index is 0.000000845. The first-order valence-electron chi connectivity index (χ1n) is 4.08. The number of nitrogens with one attached hydrogen (secondary N) is 1. The van der Waals surface area contributed by atoms with Gasteiger partial charge >= 0.3 is 0 Å². The van der Waals surface area contributed by atoms with Gasteiger partial charge in [-0.25, -0.2) is 0 Å². The maximum Gasteiger partial charge on any atom is 0.159 e. The zero-order valence-corrected chi connectivity index (χ0v) is 7.20. The zero-order chi connectivity index (χ0) is 8.55. The molecule has 64 valence electrons. The number of aromatic nitrogens is 3. The molecule has 2 rings (SSSR count). The van der Waals surface area contributed by atoms with E-state index in [2.05, 4.69) is 35.1 Å². The van der Waals surface area contributed by atoms with Gasteiger partial charge in [0.1, 0.15) is 0 Å². The molecule has 0 aliphatic carbocycles. The Bertz CT molecular complexity index is 394. The monoisotopic (exact) mass is 163 g/mol. The minimum atomic E-state index is 0. The van der Waals surface area contributed by atoms with Crippen LogP contribution in [0.4, 0.5) is 0 Å². The largest absolute Gasteiger partial charge is 0.345 e. The van der Waals surface area contributed by atoms with Gasteiger partial charge in [-0.1, -0.05) is 13.8 Å². The molecule has 0 spiro atoms. The number of H-pyrrole nitrogens is 1. The lowest BCUT2D eigenvalue weighted by Crippen LogP contribution is -1.94. The Morgan fingerprint density at radius 1 is 1.42 bits per heavy atom. The molecule has 0 unspecified atom stereocenters. The summed E-state index contributed by atoms with van der Waals surface area (Å²) < 4.78 is 0. The summed E-state index contributed by atoms with van der Waals surface area (Å²) in [5.74, 6) is 0.441. The topological polar surface area (TPSA) is 41.6 Å². The van der Waals surface area contributed by atoms with Crippen LogP contribution in [0.2, 0.25) is 0 Å². The van der Waals surface area contributed by atoms with Gasteiger partial charge in [0, 0.05) is 13.0 Å². The lowest BCUT2D eigenvalue weighted by atomic mass is 10.1. The summed E-state index contributed by atoms with van der Waals surface area (Å²) in [5.41, 5.74) is 1.90. The second kappa shape index (κ2) is 2.59. The predicted octanol–water partition coefficient (Wildman–Crippen LogP) is 2.33. The summed E-state index contributed by atoms with van der Waals surface area (Å²) in [6.45, 7) is 4.23. The van der Waals surface area contributed by atoms with Crippen LogP contribution in [0.5, 0.6) is 0 Å². The molecule has 2 heterocycles. The molecular formula is C9H13N3. The van der Waals surface area contributed by atoms with Crippen molar-refractivity contribution < 1.29 is 1.43 Å². The van der Waals surface area contributed by atoms with Gasteiger partial charge in [-0.3, -0.25) is 0 Å². The highest BCUT2D eigenvalue weighted by atomic mass is 15.1. The highest BCUT2D eigenvalue weighted by Gasteiger charge is 2.03. The molecule has 0 radical (unpaired) electrons. The lowest BCUT2D eigenvalue weighted by Gasteiger charge is -2.01. The fraction of sp³-hybridized carbons (Fsp3) is 0.333. The fourth-order valence-corrected chi connectivity index (χ4v) is 1.15. The molecule has 12 heavy (non-hydrogen) atoms. The van der Waals surface area contributed by atoms with Crippen molar-refractivity contribution >= 4 is 11.0 Å². The third-order valence-electron chi connectivity index (χ3n) is 1.92. The van der Waals surface area contributed by atoms with E-state index in [-0.39, 0.29) is 1.43 Å². The van der Waals surface area contributed by atoms with Crippen molar-refractivity contribution in [1.82, 2.24) is 15.2 Å². The zero-order valence-electron chi connectivity index (χ0n) is 7.20. The van der Waals surface area contributed by atoms with Crippen LogP contribution in [0, 0.1) is 0 Å². The molecule has 3 nitrogen and oxygen atoms in total. The van der Waals surface area contributed by atoms with Crippen molar-refractivity contribution in [2.45, 2.75) is 19.8 Å². The number of fused-ring (bicyclic) bond motifs is 1. The van der Waals surface area contributed by atoms with E-state index in [1.54, 1.807) is 0 Å². The number of hydrogen-bond donors (Lipinski definition) is 1. The SMILES string of the molecule is CC(C)c1cc2cc[nH]c2nn1.[HH]. The van der Waals surface area contributed by atoms with Crippen molar-refractivity contribution in [2.24, 2.45) is 0 Å². The molecule has 0 fully saturated rings. The molecule has 0 saturated heterocycles. The Hall–Kier alpha value is -1.38. The first-order valence-corrected chi connectivity index (χ1v) is 4.08. The summed E-state index contributed by atoms with van der Waals surface area (Å²) >= 11 is 0. The van der Waals surface area contributed by atoms with E-state index in [1.165, 1.54) is 0 Å². The van der Waals surface area contributed by atoms with Gasteiger partial charge in [0.05, 0.1) is 5.69 Å². The summed E-state index contributed by atoms with van der Waals surface area (Å²) in [4.78, 5) is 3.01. The molecule has 0 amide bonds. The number of hydrogen-bond acceptors (Lipinski definition) is 2. The Labute approximate surface area is 72.3 Å². The van der Waals surface area contributed by atoms with Crippen LogP contribution in [-0.4, -0.2) is 15.2 Å². The normalized spacial score (nSPS) is 11.2. The van der Waals surface area contributed by atoms with Gasteiger partial charge in [0.25, 0.3) is 0 Å². The molecule has 0 aromatic carbocycles. The van der Waals surface area contributed by atoms with E-state index in [1.807, 2.05) is 12.3 Å². The molecule has 0 saturated carbocycles. The van der Waals surface area contributed by atoms with E-state index in [0.29, 0.717) is 5.92 Å². The quantitative estimate of drug-likeness (QED) is 0.701. The molecule has 0 aliphatic heterocycles. The highest BCUT2D eigenvalue weighted by Crippen LogP contribution is 2.15.